The molecule has 0 amide bonds. The van der Waals surface area contributed by atoms with Gasteiger partial charge < -0.3 is 5.32 Å². The summed E-state index contributed by atoms with van der Waals surface area (Å²) in [5.74, 6) is -0.217. The van der Waals surface area contributed by atoms with Crippen LogP contribution in [0.2, 0.25) is 0 Å². The van der Waals surface area contributed by atoms with Crippen LogP contribution in [0, 0.1) is 5.82 Å². The SMILES string of the molecule is C[C@H]1CN(Cc2cn[nH]c2-c2ccc(F)cc2)CCN1.Cl. The van der Waals surface area contributed by atoms with Crippen molar-refractivity contribution in [3.05, 3.63) is 41.8 Å². The van der Waals surface area contributed by atoms with Crippen LogP contribution < -0.4 is 5.32 Å². The van der Waals surface area contributed by atoms with E-state index in [4.69, 9.17) is 0 Å². The fraction of sp³-hybridized carbons (Fsp3) is 0.400. The Morgan fingerprint density at radius 1 is 1.33 bits per heavy atom. The third-order valence-electron chi connectivity index (χ3n) is 3.70. The van der Waals surface area contributed by atoms with Gasteiger partial charge in [-0.25, -0.2) is 4.39 Å². The molecule has 0 bridgehead atoms. The molecule has 114 valence electrons. The molecule has 0 radical (unpaired) electrons. The summed E-state index contributed by atoms with van der Waals surface area (Å²) in [6.07, 6.45) is 1.87. The van der Waals surface area contributed by atoms with E-state index in [9.17, 15) is 4.39 Å². The lowest BCUT2D eigenvalue weighted by Gasteiger charge is -2.31. The second-order valence-electron chi connectivity index (χ2n) is 5.37. The molecule has 0 aliphatic carbocycles. The number of halogens is 2. The van der Waals surface area contributed by atoms with E-state index in [1.54, 1.807) is 12.1 Å². The monoisotopic (exact) mass is 310 g/mol. The van der Waals surface area contributed by atoms with Crippen molar-refractivity contribution in [2.75, 3.05) is 19.6 Å². The standard InChI is InChI=1S/C15H19FN4.ClH/c1-11-9-20(7-6-17-11)10-13-8-18-19-15(13)12-2-4-14(16)5-3-12;/h2-5,8,11,17H,6-7,9-10H2,1H3,(H,18,19);1H/t11-;/m0./s1. The highest BCUT2D eigenvalue weighted by Gasteiger charge is 2.18. The zero-order valence-corrected chi connectivity index (χ0v) is 12.8. The Hall–Kier alpha value is -1.43. The van der Waals surface area contributed by atoms with Crippen molar-refractivity contribution in [1.29, 1.82) is 0 Å². The average Bonchev–Trinajstić information content (AvgIpc) is 2.88. The van der Waals surface area contributed by atoms with Gasteiger partial charge in [0.05, 0.1) is 11.9 Å². The molecule has 6 heteroatoms. The van der Waals surface area contributed by atoms with Crippen molar-refractivity contribution in [2.24, 2.45) is 0 Å². The van der Waals surface area contributed by atoms with Gasteiger partial charge in [0.15, 0.2) is 0 Å². The largest absolute Gasteiger partial charge is 0.312 e. The summed E-state index contributed by atoms with van der Waals surface area (Å²) >= 11 is 0. The number of hydrogen-bond acceptors (Lipinski definition) is 3. The summed E-state index contributed by atoms with van der Waals surface area (Å²) in [6, 6.07) is 7.05. The molecule has 1 aliphatic heterocycles. The minimum absolute atomic E-state index is 0. The van der Waals surface area contributed by atoms with Gasteiger partial charge in [-0.2, -0.15) is 5.10 Å². The Bertz CT molecular complexity index is 569. The van der Waals surface area contributed by atoms with Gasteiger partial charge in [0.2, 0.25) is 0 Å². The van der Waals surface area contributed by atoms with E-state index in [-0.39, 0.29) is 18.2 Å². The molecule has 1 aromatic carbocycles. The second kappa shape index (κ2) is 7.02. The van der Waals surface area contributed by atoms with Crippen molar-refractivity contribution in [1.82, 2.24) is 20.4 Å². The van der Waals surface area contributed by atoms with E-state index < -0.39 is 0 Å². The van der Waals surface area contributed by atoms with Crippen molar-refractivity contribution < 1.29 is 4.39 Å². The Balaban J connectivity index is 0.00000161. The van der Waals surface area contributed by atoms with E-state index in [2.05, 4.69) is 27.3 Å². The number of nitrogens with one attached hydrogen (secondary N) is 2. The molecule has 1 atom stereocenters. The number of nitrogens with zero attached hydrogens (tertiary/aromatic N) is 2. The van der Waals surface area contributed by atoms with E-state index in [0.29, 0.717) is 6.04 Å². The molecule has 2 N–H and O–H groups in total. The molecule has 2 aromatic rings. The maximum absolute atomic E-state index is 13.0. The number of aromatic nitrogens is 2. The van der Waals surface area contributed by atoms with E-state index in [1.165, 1.54) is 12.1 Å². The quantitative estimate of drug-likeness (QED) is 0.915. The molecule has 1 fully saturated rings. The minimum Gasteiger partial charge on any atom is -0.312 e. The molecule has 2 heterocycles. The molecular formula is C15H20ClFN4. The van der Waals surface area contributed by atoms with Crippen LogP contribution >= 0.6 is 12.4 Å². The van der Waals surface area contributed by atoms with Crippen molar-refractivity contribution in [3.8, 4) is 11.3 Å². The fourth-order valence-corrected chi connectivity index (χ4v) is 2.69. The predicted octanol–water partition coefficient (Wildman–Crippen LogP) is 2.43. The van der Waals surface area contributed by atoms with Crippen LogP contribution in [0.3, 0.4) is 0 Å². The highest BCUT2D eigenvalue weighted by molar-refractivity contribution is 5.85. The second-order valence-corrected chi connectivity index (χ2v) is 5.37. The van der Waals surface area contributed by atoms with E-state index in [0.717, 1.165) is 43.0 Å². The summed E-state index contributed by atoms with van der Waals surface area (Å²) in [5, 5.41) is 10.6. The summed E-state index contributed by atoms with van der Waals surface area (Å²) < 4.78 is 13.0. The Morgan fingerprint density at radius 2 is 2.10 bits per heavy atom. The first kappa shape index (κ1) is 15.9. The maximum Gasteiger partial charge on any atom is 0.123 e. The van der Waals surface area contributed by atoms with Gasteiger partial charge in [0.1, 0.15) is 5.82 Å². The lowest BCUT2D eigenvalue weighted by Crippen LogP contribution is -2.48. The fourth-order valence-electron chi connectivity index (χ4n) is 2.69. The molecule has 1 aromatic heterocycles. The van der Waals surface area contributed by atoms with Gasteiger partial charge in [-0.15, -0.1) is 12.4 Å². The molecule has 1 saturated heterocycles. The normalized spacial score (nSPS) is 19.2. The minimum atomic E-state index is -0.217. The summed E-state index contributed by atoms with van der Waals surface area (Å²) in [4.78, 5) is 2.42. The third kappa shape index (κ3) is 3.81. The highest BCUT2D eigenvalue weighted by atomic mass is 35.5. The lowest BCUT2D eigenvalue weighted by molar-refractivity contribution is 0.200. The van der Waals surface area contributed by atoms with Gasteiger partial charge in [0.25, 0.3) is 0 Å². The molecule has 0 saturated carbocycles. The molecule has 0 unspecified atom stereocenters. The van der Waals surface area contributed by atoms with E-state index >= 15 is 0 Å². The van der Waals surface area contributed by atoms with Crippen molar-refractivity contribution >= 4 is 12.4 Å². The predicted molar refractivity (Wildman–Crippen MR) is 84.0 cm³/mol. The number of benzene rings is 1. The topological polar surface area (TPSA) is 44.0 Å². The number of aromatic amines is 1. The number of piperazine rings is 1. The molecule has 1 aliphatic rings. The van der Waals surface area contributed by atoms with Crippen molar-refractivity contribution in [2.45, 2.75) is 19.5 Å². The number of hydrogen-bond donors (Lipinski definition) is 2. The van der Waals surface area contributed by atoms with Crippen LogP contribution in [-0.2, 0) is 6.54 Å². The first-order valence-corrected chi connectivity index (χ1v) is 6.96. The number of H-pyrrole nitrogens is 1. The zero-order chi connectivity index (χ0) is 13.9. The van der Waals surface area contributed by atoms with Gasteiger partial charge in [-0.1, -0.05) is 0 Å². The summed E-state index contributed by atoms with van der Waals surface area (Å²) in [6.45, 7) is 6.16. The van der Waals surface area contributed by atoms with Crippen LogP contribution in [0.1, 0.15) is 12.5 Å². The van der Waals surface area contributed by atoms with Gasteiger partial charge in [0, 0.05) is 43.3 Å². The number of rotatable bonds is 3. The summed E-state index contributed by atoms with van der Waals surface area (Å²) in [5.41, 5.74) is 3.11. The lowest BCUT2D eigenvalue weighted by atomic mass is 10.1. The summed E-state index contributed by atoms with van der Waals surface area (Å²) in [7, 11) is 0. The molecule has 3 rings (SSSR count). The Labute approximate surface area is 130 Å². The van der Waals surface area contributed by atoms with Crippen LogP contribution in [0.25, 0.3) is 11.3 Å². The first-order chi connectivity index (χ1) is 9.72. The van der Waals surface area contributed by atoms with Crippen LogP contribution in [0.5, 0.6) is 0 Å². The van der Waals surface area contributed by atoms with Gasteiger partial charge in [-0.05, 0) is 31.2 Å². The average molecular weight is 311 g/mol. The Kier molecular flexibility index (Phi) is 5.33. The molecule has 0 spiro atoms. The molecular weight excluding hydrogens is 291 g/mol. The Morgan fingerprint density at radius 3 is 2.81 bits per heavy atom. The van der Waals surface area contributed by atoms with Crippen LogP contribution in [-0.4, -0.2) is 40.8 Å². The smallest absolute Gasteiger partial charge is 0.123 e. The van der Waals surface area contributed by atoms with Gasteiger partial charge in [-0.3, -0.25) is 10.00 Å². The van der Waals surface area contributed by atoms with Crippen LogP contribution in [0.4, 0.5) is 4.39 Å². The molecule has 21 heavy (non-hydrogen) atoms. The highest BCUT2D eigenvalue weighted by Crippen LogP contribution is 2.22. The first-order valence-electron chi connectivity index (χ1n) is 6.96. The maximum atomic E-state index is 13.0. The van der Waals surface area contributed by atoms with E-state index in [1.807, 2.05) is 6.20 Å². The van der Waals surface area contributed by atoms with Gasteiger partial charge >= 0.3 is 0 Å². The van der Waals surface area contributed by atoms with Crippen molar-refractivity contribution in [3.63, 3.8) is 0 Å². The zero-order valence-electron chi connectivity index (χ0n) is 12.0. The third-order valence-corrected chi connectivity index (χ3v) is 3.70. The molecule has 4 nitrogen and oxygen atoms in total. The van der Waals surface area contributed by atoms with Crippen LogP contribution in [0.15, 0.2) is 30.5 Å².